The number of benzene rings is 1. The van der Waals surface area contributed by atoms with Crippen molar-refractivity contribution >= 4 is 5.96 Å². The second-order valence-corrected chi connectivity index (χ2v) is 5.89. The summed E-state index contributed by atoms with van der Waals surface area (Å²) in [6.07, 6.45) is 6.02. The predicted octanol–water partition coefficient (Wildman–Crippen LogP) is 2.71. The molecule has 2 N–H and O–H groups in total. The van der Waals surface area contributed by atoms with Gasteiger partial charge in [-0.2, -0.15) is 0 Å². The lowest BCUT2D eigenvalue weighted by Gasteiger charge is -2.17. The third kappa shape index (κ3) is 6.48. The van der Waals surface area contributed by atoms with Crippen molar-refractivity contribution in [3.05, 3.63) is 29.8 Å². The Kier molecular flexibility index (Phi) is 7.73. The summed E-state index contributed by atoms with van der Waals surface area (Å²) in [5, 5.41) is 6.87. The minimum Gasteiger partial charge on any atom is -0.493 e. The zero-order valence-corrected chi connectivity index (χ0v) is 14.3. The van der Waals surface area contributed by atoms with E-state index >= 15 is 0 Å². The summed E-state index contributed by atoms with van der Waals surface area (Å²) in [4.78, 5) is 4.31. The van der Waals surface area contributed by atoms with Crippen LogP contribution < -0.4 is 15.4 Å². The molecule has 5 heteroatoms. The summed E-state index contributed by atoms with van der Waals surface area (Å²) >= 11 is 0. The lowest BCUT2D eigenvalue weighted by atomic mass is 10.2. The molecule has 1 fully saturated rings. The summed E-state index contributed by atoms with van der Waals surface area (Å²) in [5.74, 6) is 1.78. The molecule has 128 valence electrons. The van der Waals surface area contributed by atoms with Gasteiger partial charge in [-0.3, -0.25) is 4.99 Å². The predicted molar refractivity (Wildman–Crippen MR) is 94.0 cm³/mol. The van der Waals surface area contributed by atoms with E-state index in [4.69, 9.17) is 9.47 Å². The van der Waals surface area contributed by atoms with Crippen molar-refractivity contribution in [2.45, 2.75) is 44.7 Å². The molecule has 1 aromatic carbocycles. The van der Waals surface area contributed by atoms with Crippen molar-refractivity contribution in [1.29, 1.82) is 0 Å². The molecule has 1 aliphatic rings. The molecule has 5 nitrogen and oxygen atoms in total. The summed E-state index contributed by atoms with van der Waals surface area (Å²) in [6, 6.07) is 8.75. The van der Waals surface area contributed by atoms with Crippen molar-refractivity contribution in [2.75, 3.05) is 27.4 Å². The molecule has 23 heavy (non-hydrogen) atoms. The minimum atomic E-state index is 0.566. The monoisotopic (exact) mass is 319 g/mol. The number of rotatable bonds is 8. The van der Waals surface area contributed by atoms with Crippen molar-refractivity contribution in [3.63, 3.8) is 0 Å². The molecule has 0 bridgehead atoms. The second-order valence-electron chi connectivity index (χ2n) is 5.89. The first-order valence-corrected chi connectivity index (χ1v) is 8.49. The molecule has 1 aliphatic carbocycles. The number of hydrogen-bond donors (Lipinski definition) is 2. The van der Waals surface area contributed by atoms with Gasteiger partial charge >= 0.3 is 0 Å². The first-order valence-electron chi connectivity index (χ1n) is 8.49. The number of ether oxygens (including phenoxy) is 2. The van der Waals surface area contributed by atoms with Crippen LogP contribution in [0, 0.1) is 0 Å². The smallest absolute Gasteiger partial charge is 0.191 e. The Labute approximate surface area is 139 Å². The molecule has 0 saturated heterocycles. The number of methoxy groups -OCH3 is 1. The number of aliphatic imine (C=N–C) groups is 1. The maximum atomic E-state index is 5.74. The van der Waals surface area contributed by atoms with Crippen LogP contribution in [0.3, 0.4) is 0 Å². The van der Waals surface area contributed by atoms with Gasteiger partial charge in [0.05, 0.1) is 6.61 Å². The maximum Gasteiger partial charge on any atom is 0.191 e. The zero-order chi connectivity index (χ0) is 16.3. The molecule has 0 radical (unpaired) electrons. The van der Waals surface area contributed by atoms with Gasteiger partial charge in [-0.1, -0.05) is 25.0 Å². The average Bonchev–Trinajstić information content (AvgIpc) is 3.09. The molecule has 1 aromatic rings. The van der Waals surface area contributed by atoms with Crippen LogP contribution >= 0.6 is 0 Å². The molecule has 2 rings (SSSR count). The standard InChI is InChI=1S/C18H29N3O2/c1-19-18(21-16-8-3-4-9-16)20-14-15-7-5-10-17(13-15)23-12-6-11-22-2/h5,7,10,13,16H,3-4,6,8-9,11-12,14H2,1-2H3,(H2,19,20,21). The molecular weight excluding hydrogens is 290 g/mol. The minimum absolute atomic E-state index is 0.566. The lowest BCUT2D eigenvalue weighted by Crippen LogP contribution is -2.41. The van der Waals surface area contributed by atoms with E-state index in [1.54, 1.807) is 7.11 Å². The number of guanidine groups is 1. The van der Waals surface area contributed by atoms with Crippen LogP contribution in [-0.4, -0.2) is 39.4 Å². The Morgan fingerprint density at radius 3 is 2.83 bits per heavy atom. The average molecular weight is 319 g/mol. The number of hydrogen-bond acceptors (Lipinski definition) is 3. The SMILES string of the molecule is CN=C(NCc1cccc(OCCCOC)c1)NC1CCCC1. The third-order valence-corrected chi connectivity index (χ3v) is 4.04. The van der Waals surface area contributed by atoms with Gasteiger partial charge in [0.25, 0.3) is 0 Å². The first kappa shape index (κ1) is 17.6. The third-order valence-electron chi connectivity index (χ3n) is 4.04. The van der Waals surface area contributed by atoms with Crippen molar-refractivity contribution in [3.8, 4) is 5.75 Å². The lowest BCUT2D eigenvalue weighted by molar-refractivity contribution is 0.172. The van der Waals surface area contributed by atoms with E-state index in [0.29, 0.717) is 12.6 Å². The van der Waals surface area contributed by atoms with Crippen LogP contribution in [0.4, 0.5) is 0 Å². The molecular formula is C18H29N3O2. The van der Waals surface area contributed by atoms with E-state index in [0.717, 1.165) is 31.3 Å². The Morgan fingerprint density at radius 2 is 2.09 bits per heavy atom. The zero-order valence-electron chi connectivity index (χ0n) is 14.3. The largest absolute Gasteiger partial charge is 0.493 e. The van der Waals surface area contributed by atoms with Gasteiger partial charge in [0.15, 0.2) is 5.96 Å². The van der Waals surface area contributed by atoms with Gasteiger partial charge in [-0.15, -0.1) is 0 Å². The topological polar surface area (TPSA) is 54.9 Å². The van der Waals surface area contributed by atoms with Gasteiger partial charge in [-0.25, -0.2) is 0 Å². The van der Waals surface area contributed by atoms with E-state index in [9.17, 15) is 0 Å². The van der Waals surface area contributed by atoms with Crippen LogP contribution in [0.2, 0.25) is 0 Å². The van der Waals surface area contributed by atoms with Gasteiger partial charge in [0.1, 0.15) is 5.75 Å². The second kappa shape index (κ2) is 10.1. The van der Waals surface area contributed by atoms with Crippen molar-refractivity contribution in [1.82, 2.24) is 10.6 Å². The maximum absolute atomic E-state index is 5.74. The molecule has 0 atom stereocenters. The molecule has 0 amide bonds. The normalized spacial score (nSPS) is 15.7. The molecule has 0 aromatic heterocycles. The molecule has 0 spiro atoms. The van der Waals surface area contributed by atoms with E-state index in [1.165, 1.54) is 31.2 Å². The van der Waals surface area contributed by atoms with Gasteiger partial charge in [-0.05, 0) is 30.5 Å². The Bertz CT molecular complexity index is 485. The highest BCUT2D eigenvalue weighted by Gasteiger charge is 2.15. The van der Waals surface area contributed by atoms with Gasteiger partial charge in [0, 0.05) is 39.8 Å². The summed E-state index contributed by atoms with van der Waals surface area (Å²) in [5.41, 5.74) is 1.18. The molecule has 1 saturated carbocycles. The van der Waals surface area contributed by atoms with Crippen molar-refractivity contribution in [2.24, 2.45) is 4.99 Å². The number of nitrogens with one attached hydrogen (secondary N) is 2. The van der Waals surface area contributed by atoms with E-state index in [-0.39, 0.29) is 0 Å². The fourth-order valence-corrected chi connectivity index (χ4v) is 2.78. The molecule has 0 heterocycles. The van der Waals surface area contributed by atoms with E-state index < -0.39 is 0 Å². The van der Waals surface area contributed by atoms with Crippen LogP contribution in [0.25, 0.3) is 0 Å². The van der Waals surface area contributed by atoms with Gasteiger partial charge < -0.3 is 20.1 Å². The highest BCUT2D eigenvalue weighted by molar-refractivity contribution is 5.79. The Balaban J connectivity index is 1.77. The van der Waals surface area contributed by atoms with Crippen LogP contribution in [0.5, 0.6) is 5.75 Å². The quantitative estimate of drug-likeness (QED) is 0.439. The van der Waals surface area contributed by atoms with E-state index in [1.807, 2.05) is 19.2 Å². The summed E-state index contributed by atoms with van der Waals surface area (Å²) in [7, 11) is 3.53. The molecule has 0 aliphatic heterocycles. The Hall–Kier alpha value is -1.75. The van der Waals surface area contributed by atoms with E-state index in [2.05, 4.69) is 27.8 Å². The summed E-state index contributed by atoms with van der Waals surface area (Å²) in [6.45, 7) is 2.14. The Morgan fingerprint density at radius 1 is 1.26 bits per heavy atom. The first-order chi connectivity index (χ1) is 11.3. The van der Waals surface area contributed by atoms with Crippen molar-refractivity contribution < 1.29 is 9.47 Å². The summed E-state index contributed by atoms with van der Waals surface area (Å²) < 4.78 is 10.8. The van der Waals surface area contributed by atoms with Crippen LogP contribution in [0.1, 0.15) is 37.7 Å². The highest BCUT2D eigenvalue weighted by atomic mass is 16.5. The van der Waals surface area contributed by atoms with Gasteiger partial charge in [0.2, 0.25) is 0 Å². The van der Waals surface area contributed by atoms with Crippen LogP contribution in [0.15, 0.2) is 29.3 Å². The van der Waals surface area contributed by atoms with Crippen LogP contribution in [-0.2, 0) is 11.3 Å². The highest BCUT2D eigenvalue weighted by Crippen LogP contribution is 2.17. The fraction of sp³-hybridized carbons (Fsp3) is 0.611. The number of nitrogens with zero attached hydrogens (tertiary/aromatic N) is 1. The fourth-order valence-electron chi connectivity index (χ4n) is 2.78. The molecule has 0 unspecified atom stereocenters.